The van der Waals surface area contributed by atoms with Crippen molar-refractivity contribution in [1.29, 1.82) is 0 Å². The van der Waals surface area contributed by atoms with Crippen molar-refractivity contribution in [2.75, 3.05) is 13.1 Å². The summed E-state index contributed by atoms with van der Waals surface area (Å²) in [6, 6.07) is 0.268. The van der Waals surface area contributed by atoms with Gasteiger partial charge in [0.1, 0.15) is 0 Å². The normalized spacial score (nSPS) is 33.4. The van der Waals surface area contributed by atoms with E-state index in [1.165, 1.54) is 32.1 Å². The Labute approximate surface area is 111 Å². The molecule has 0 radical (unpaired) electrons. The topological polar surface area (TPSA) is 46.3 Å². The van der Waals surface area contributed by atoms with E-state index in [0.717, 1.165) is 31.8 Å². The number of hydrogen-bond donors (Lipinski definition) is 1. The lowest BCUT2D eigenvalue weighted by Gasteiger charge is -2.23. The summed E-state index contributed by atoms with van der Waals surface area (Å²) in [5.41, 5.74) is 6.06. The first-order valence-corrected chi connectivity index (χ1v) is 7.74. The van der Waals surface area contributed by atoms with Gasteiger partial charge in [0.15, 0.2) is 0 Å². The number of carbonyl (C=O) groups excluding carboxylic acids is 1. The molecule has 2 N–H and O–H groups in total. The van der Waals surface area contributed by atoms with Crippen molar-refractivity contribution in [2.45, 2.75) is 64.3 Å². The Morgan fingerprint density at radius 2 is 2.00 bits per heavy atom. The highest BCUT2D eigenvalue weighted by atomic mass is 16.2. The molecule has 1 heterocycles. The van der Waals surface area contributed by atoms with Crippen molar-refractivity contribution < 1.29 is 4.79 Å². The Bertz CT molecular complexity index is 280. The van der Waals surface area contributed by atoms with E-state index in [-0.39, 0.29) is 6.04 Å². The highest BCUT2D eigenvalue weighted by Gasteiger charge is 2.28. The third kappa shape index (κ3) is 3.47. The van der Waals surface area contributed by atoms with E-state index in [1.807, 2.05) is 0 Å². The van der Waals surface area contributed by atoms with Crippen LogP contribution in [0.3, 0.4) is 0 Å². The predicted octanol–water partition coefficient (Wildman–Crippen LogP) is 2.54. The Kier molecular flexibility index (Phi) is 5.04. The fraction of sp³-hybridized carbons (Fsp3) is 0.933. The maximum absolute atomic E-state index is 12.3. The number of hydrogen-bond acceptors (Lipinski definition) is 2. The molecule has 1 aliphatic heterocycles. The van der Waals surface area contributed by atoms with Crippen molar-refractivity contribution in [3.63, 3.8) is 0 Å². The SMILES string of the molecule is CCC1CCCN(C(=O)C[C@@H]2CCC[C@H]2N)CC1. The first kappa shape index (κ1) is 13.9. The summed E-state index contributed by atoms with van der Waals surface area (Å²) < 4.78 is 0. The van der Waals surface area contributed by atoms with E-state index in [9.17, 15) is 4.79 Å². The summed E-state index contributed by atoms with van der Waals surface area (Å²) in [5, 5.41) is 0. The molecule has 2 aliphatic rings. The lowest BCUT2D eigenvalue weighted by Crippen LogP contribution is -2.36. The van der Waals surface area contributed by atoms with E-state index >= 15 is 0 Å². The predicted molar refractivity (Wildman–Crippen MR) is 74.1 cm³/mol. The number of rotatable bonds is 3. The van der Waals surface area contributed by atoms with Gasteiger partial charge in [0.25, 0.3) is 0 Å². The largest absolute Gasteiger partial charge is 0.343 e. The number of carbonyl (C=O) groups is 1. The van der Waals surface area contributed by atoms with Gasteiger partial charge in [-0.1, -0.05) is 19.8 Å². The third-order valence-corrected chi connectivity index (χ3v) is 4.93. The Morgan fingerprint density at radius 1 is 1.17 bits per heavy atom. The van der Waals surface area contributed by atoms with Gasteiger partial charge in [0.05, 0.1) is 0 Å². The van der Waals surface area contributed by atoms with Crippen LogP contribution >= 0.6 is 0 Å². The molecule has 0 aromatic heterocycles. The smallest absolute Gasteiger partial charge is 0.222 e. The number of amides is 1. The van der Waals surface area contributed by atoms with E-state index in [1.54, 1.807) is 0 Å². The summed E-state index contributed by atoms with van der Waals surface area (Å²) in [5.74, 6) is 1.63. The van der Waals surface area contributed by atoms with Crippen molar-refractivity contribution in [3.8, 4) is 0 Å². The number of nitrogens with zero attached hydrogens (tertiary/aromatic N) is 1. The number of likely N-dealkylation sites (tertiary alicyclic amines) is 1. The van der Waals surface area contributed by atoms with Crippen molar-refractivity contribution in [1.82, 2.24) is 4.90 Å². The zero-order chi connectivity index (χ0) is 13.0. The van der Waals surface area contributed by atoms with Gasteiger partial charge in [-0.15, -0.1) is 0 Å². The lowest BCUT2D eigenvalue weighted by molar-refractivity contribution is -0.132. The highest BCUT2D eigenvalue weighted by Crippen LogP contribution is 2.28. The molecule has 0 aromatic carbocycles. The monoisotopic (exact) mass is 252 g/mol. The van der Waals surface area contributed by atoms with Gasteiger partial charge in [0.2, 0.25) is 5.91 Å². The second-order valence-electron chi connectivity index (χ2n) is 6.14. The third-order valence-electron chi connectivity index (χ3n) is 4.93. The van der Waals surface area contributed by atoms with Crippen LogP contribution in [0.2, 0.25) is 0 Å². The average Bonchev–Trinajstić information content (AvgIpc) is 2.66. The molecular weight excluding hydrogens is 224 g/mol. The minimum absolute atomic E-state index is 0.268. The van der Waals surface area contributed by atoms with Crippen LogP contribution in [0.25, 0.3) is 0 Å². The standard InChI is InChI=1S/C15H28N2O/c1-2-12-5-4-9-17(10-8-12)15(18)11-13-6-3-7-14(13)16/h12-14H,2-11,16H2,1H3/t12?,13-,14+/m0/s1. The molecule has 18 heavy (non-hydrogen) atoms. The molecule has 3 atom stereocenters. The Morgan fingerprint density at radius 3 is 2.67 bits per heavy atom. The summed E-state index contributed by atoms with van der Waals surface area (Å²) in [7, 11) is 0. The van der Waals surface area contributed by atoms with Crippen LogP contribution in [-0.4, -0.2) is 29.9 Å². The van der Waals surface area contributed by atoms with Gasteiger partial charge >= 0.3 is 0 Å². The van der Waals surface area contributed by atoms with Gasteiger partial charge in [-0.2, -0.15) is 0 Å². The van der Waals surface area contributed by atoms with E-state index in [4.69, 9.17) is 5.73 Å². The fourth-order valence-corrected chi connectivity index (χ4v) is 3.50. The van der Waals surface area contributed by atoms with Gasteiger partial charge < -0.3 is 10.6 Å². The summed E-state index contributed by atoms with van der Waals surface area (Å²) in [6.45, 7) is 4.20. The second-order valence-corrected chi connectivity index (χ2v) is 6.14. The maximum Gasteiger partial charge on any atom is 0.222 e. The van der Waals surface area contributed by atoms with E-state index < -0.39 is 0 Å². The number of nitrogens with two attached hydrogens (primary N) is 1. The van der Waals surface area contributed by atoms with Crippen LogP contribution in [-0.2, 0) is 4.79 Å². The van der Waals surface area contributed by atoms with Crippen LogP contribution in [0.1, 0.15) is 58.3 Å². The van der Waals surface area contributed by atoms with Gasteiger partial charge in [-0.05, 0) is 43.9 Å². The molecule has 1 amide bonds. The van der Waals surface area contributed by atoms with Crippen molar-refractivity contribution in [2.24, 2.45) is 17.6 Å². The molecule has 1 saturated heterocycles. The molecule has 2 fully saturated rings. The van der Waals surface area contributed by atoms with Crippen LogP contribution in [0.5, 0.6) is 0 Å². The summed E-state index contributed by atoms with van der Waals surface area (Å²) in [6.07, 6.45) is 9.09. The molecule has 1 aliphatic carbocycles. The van der Waals surface area contributed by atoms with Crippen molar-refractivity contribution >= 4 is 5.91 Å². The van der Waals surface area contributed by atoms with E-state index in [0.29, 0.717) is 18.2 Å². The quantitative estimate of drug-likeness (QED) is 0.839. The average molecular weight is 252 g/mol. The van der Waals surface area contributed by atoms with Crippen LogP contribution < -0.4 is 5.73 Å². The van der Waals surface area contributed by atoms with Gasteiger partial charge in [-0.3, -0.25) is 4.79 Å². The molecule has 0 spiro atoms. The molecule has 3 heteroatoms. The molecule has 1 saturated carbocycles. The van der Waals surface area contributed by atoms with Crippen LogP contribution in [0, 0.1) is 11.8 Å². The first-order chi connectivity index (χ1) is 8.70. The molecule has 104 valence electrons. The molecule has 2 rings (SSSR count). The minimum atomic E-state index is 0.268. The lowest BCUT2D eigenvalue weighted by atomic mass is 9.98. The molecule has 1 unspecified atom stereocenters. The molecule has 0 aromatic rings. The maximum atomic E-state index is 12.3. The van der Waals surface area contributed by atoms with E-state index in [2.05, 4.69) is 11.8 Å². The highest BCUT2D eigenvalue weighted by molar-refractivity contribution is 5.76. The summed E-state index contributed by atoms with van der Waals surface area (Å²) in [4.78, 5) is 14.4. The van der Waals surface area contributed by atoms with Crippen LogP contribution in [0.15, 0.2) is 0 Å². The van der Waals surface area contributed by atoms with Gasteiger partial charge in [-0.25, -0.2) is 0 Å². The minimum Gasteiger partial charge on any atom is -0.343 e. The Hall–Kier alpha value is -0.570. The Balaban J connectivity index is 1.81. The second kappa shape index (κ2) is 6.55. The zero-order valence-corrected chi connectivity index (χ0v) is 11.7. The van der Waals surface area contributed by atoms with Crippen molar-refractivity contribution in [3.05, 3.63) is 0 Å². The van der Waals surface area contributed by atoms with Gasteiger partial charge in [0, 0.05) is 25.6 Å². The van der Waals surface area contributed by atoms with Crippen LogP contribution in [0.4, 0.5) is 0 Å². The fourth-order valence-electron chi connectivity index (χ4n) is 3.50. The molecule has 3 nitrogen and oxygen atoms in total. The first-order valence-electron chi connectivity index (χ1n) is 7.74. The molecule has 0 bridgehead atoms. The summed E-state index contributed by atoms with van der Waals surface area (Å²) >= 11 is 0. The molecular formula is C15H28N2O. The zero-order valence-electron chi connectivity index (χ0n) is 11.7.